The first-order chi connectivity index (χ1) is 8.52. The fourth-order valence-electron chi connectivity index (χ4n) is 2.53. The summed E-state index contributed by atoms with van der Waals surface area (Å²) < 4.78 is 39.5. The van der Waals surface area contributed by atoms with Crippen molar-refractivity contribution in [3.63, 3.8) is 0 Å². The quantitative estimate of drug-likeness (QED) is 0.837. The molecule has 0 aromatic heterocycles. The van der Waals surface area contributed by atoms with Gasteiger partial charge in [0, 0.05) is 6.04 Å². The number of carbonyl (C=O) groups excluding carboxylic acids is 1. The maximum absolute atomic E-state index is 14.0. The van der Waals surface area contributed by atoms with Crippen LogP contribution in [0.3, 0.4) is 0 Å². The molecule has 2 saturated carbocycles. The zero-order valence-corrected chi connectivity index (χ0v) is 11.7. The minimum absolute atomic E-state index is 0.158. The average molecular weight is 277 g/mol. The minimum Gasteiger partial charge on any atom is -0.350 e. The lowest BCUT2D eigenvalue weighted by atomic mass is 9.76. The van der Waals surface area contributed by atoms with E-state index >= 15 is 0 Å². The Hall–Kier alpha value is -0.740. The molecule has 110 valence electrons. The van der Waals surface area contributed by atoms with Gasteiger partial charge in [0.25, 0.3) is 11.8 Å². The van der Waals surface area contributed by atoms with E-state index in [2.05, 4.69) is 5.32 Å². The highest BCUT2D eigenvalue weighted by Gasteiger charge is 2.62. The summed E-state index contributed by atoms with van der Waals surface area (Å²) in [7, 11) is 0. The summed E-state index contributed by atoms with van der Waals surface area (Å²) >= 11 is 0. The lowest BCUT2D eigenvalue weighted by Crippen LogP contribution is -2.60. The molecule has 1 unspecified atom stereocenters. The molecule has 2 fully saturated rings. The van der Waals surface area contributed by atoms with Crippen LogP contribution in [-0.4, -0.2) is 23.5 Å². The molecule has 0 bridgehead atoms. The molecule has 0 aromatic rings. The van der Waals surface area contributed by atoms with Crippen LogP contribution >= 0.6 is 0 Å². The van der Waals surface area contributed by atoms with Gasteiger partial charge >= 0.3 is 0 Å². The Kier molecular flexibility index (Phi) is 3.38. The van der Waals surface area contributed by atoms with E-state index in [1.54, 1.807) is 0 Å². The molecule has 0 spiro atoms. The van der Waals surface area contributed by atoms with Crippen LogP contribution in [0.15, 0.2) is 0 Å². The Morgan fingerprint density at radius 1 is 1.26 bits per heavy atom. The molecule has 0 heterocycles. The van der Waals surface area contributed by atoms with Crippen molar-refractivity contribution < 1.29 is 18.0 Å². The van der Waals surface area contributed by atoms with Gasteiger partial charge in [-0.3, -0.25) is 4.79 Å². The standard InChI is InChI=1S/C14H22F3NO/c1-12(2,3)10(6-9-4-5-9)18-11(19)13(15)7-14(16,17)8-13/h9-10H,4-8H2,1-3H3,(H,18,19). The summed E-state index contributed by atoms with van der Waals surface area (Å²) in [6, 6.07) is -0.158. The maximum Gasteiger partial charge on any atom is 0.258 e. The number of halogens is 3. The molecule has 0 aliphatic heterocycles. The van der Waals surface area contributed by atoms with Gasteiger partial charge in [-0.25, -0.2) is 13.2 Å². The summed E-state index contributed by atoms with van der Waals surface area (Å²) in [5.41, 5.74) is -2.57. The van der Waals surface area contributed by atoms with Gasteiger partial charge in [-0.2, -0.15) is 0 Å². The predicted octanol–water partition coefficient (Wildman–Crippen LogP) is 3.45. The first kappa shape index (κ1) is 14.7. The van der Waals surface area contributed by atoms with Crippen LogP contribution in [0.25, 0.3) is 0 Å². The first-order valence-corrected chi connectivity index (χ1v) is 6.90. The molecule has 0 saturated heterocycles. The zero-order valence-electron chi connectivity index (χ0n) is 11.7. The summed E-state index contributed by atoms with van der Waals surface area (Å²) in [5.74, 6) is -3.30. The highest BCUT2D eigenvalue weighted by atomic mass is 19.3. The molecule has 2 nitrogen and oxygen atoms in total. The Morgan fingerprint density at radius 2 is 1.79 bits per heavy atom. The van der Waals surface area contributed by atoms with E-state index in [0.29, 0.717) is 5.92 Å². The van der Waals surface area contributed by atoms with Crippen molar-refractivity contribution in [2.24, 2.45) is 11.3 Å². The van der Waals surface area contributed by atoms with Crippen molar-refractivity contribution in [1.82, 2.24) is 5.32 Å². The van der Waals surface area contributed by atoms with Gasteiger partial charge in [-0.1, -0.05) is 33.6 Å². The van der Waals surface area contributed by atoms with E-state index in [-0.39, 0.29) is 11.5 Å². The van der Waals surface area contributed by atoms with Crippen molar-refractivity contribution in [2.45, 2.75) is 70.5 Å². The van der Waals surface area contributed by atoms with Crippen LogP contribution in [0.2, 0.25) is 0 Å². The van der Waals surface area contributed by atoms with Gasteiger partial charge in [0.05, 0.1) is 12.8 Å². The summed E-state index contributed by atoms with van der Waals surface area (Å²) in [5, 5.41) is 2.66. The van der Waals surface area contributed by atoms with Crippen LogP contribution in [0.5, 0.6) is 0 Å². The van der Waals surface area contributed by atoms with Crippen LogP contribution in [-0.2, 0) is 4.79 Å². The van der Waals surface area contributed by atoms with E-state index < -0.39 is 30.3 Å². The maximum atomic E-state index is 14.0. The normalized spacial score (nSPS) is 26.4. The van der Waals surface area contributed by atoms with Crippen LogP contribution in [0.4, 0.5) is 13.2 Å². The van der Waals surface area contributed by atoms with E-state index in [1.165, 1.54) is 0 Å². The van der Waals surface area contributed by atoms with Gasteiger partial charge in [-0.15, -0.1) is 0 Å². The molecule has 2 aliphatic carbocycles. The molecule has 1 N–H and O–H groups in total. The Labute approximate surface area is 112 Å². The topological polar surface area (TPSA) is 29.1 Å². The number of hydrogen-bond donors (Lipinski definition) is 1. The van der Waals surface area contributed by atoms with Gasteiger partial charge in [0.1, 0.15) is 0 Å². The monoisotopic (exact) mass is 277 g/mol. The summed E-state index contributed by atoms with van der Waals surface area (Å²) in [6.07, 6.45) is 1.13. The van der Waals surface area contributed by atoms with Gasteiger partial charge < -0.3 is 5.32 Å². The van der Waals surface area contributed by atoms with Gasteiger partial charge in [0.15, 0.2) is 5.67 Å². The summed E-state index contributed by atoms with van der Waals surface area (Å²) in [6.45, 7) is 5.92. The third-order valence-corrected chi connectivity index (χ3v) is 4.10. The third-order valence-electron chi connectivity index (χ3n) is 4.10. The minimum atomic E-state index is -3.03. The first-order valence-electron chi connectivity index (χ1n) is 6.90. The number of alkyl halides is 3. The molecule has 0 radical (unpaired) electrons. The van der Waals surface area contributed by atoms with Crippen molar-refractivity contribution in [3.05, 3.63) is 0 Å². The average Bonchev–Trinajstić information content (AvgIpc) is 2.95. The van der Waals surface area contributed by atoms with Crippen molar-refractivity contribution in [1.29, 1.82) is 0 Å². The SMILES string of the molecule is CC(C)(C)C(CC1CC1)NC(=O)C1(F)CC(F)(F)C1. The molecule has 19 heavy (non-hydrogen) atoms. The molecule has 2 rings (SSSR count). The Balaban J connectivity index is 1.95. The number of nitrogens with one attached hydrogen (secondary N) is 1. The number of hydrogen-bond acceptors (Lipinski definition) is 1. The second-order valence-electron chi connectivity index (χ2n) is 7.25. The molecular weight excluding hydrogens is 255 g/mol. The molecular formula is C14H22F3NO. The van der Waals surface area contributed by atoms with Gasteiger partial charge in [-0.05, 0) is 17.8 Å². The predicted molar refractivity (Wildman–Crippen MR) is 66.7 cm³/mol. The number of amides is 1. The Bertz CT molecular complexity index is 363. The lowest BCUT2D eigenvalue weighted by Gasteiger charge is -2.41. The second kappa shape index (κ2) is 4.38. The molecule has 1 atom stereocenters. The fraction of sp³-hybridized carbons (Fsp3) is 0.929. The highest BCUT2D eigenvalue weighted by molar-refractivity contribution is 5.86. The molecule has 2 aliphatic rings. The van der Waals surface area contributed by atoms with Crippen LogP contribution in [0, 0.1) is 11.3 Å². The van der Waals surface area contributed by atoms with Crippen molar-refractivity contribution >= 4 is 5.91 Å². The van der Waals surface area contributed by atoms with Crippen LogP contribution in [0.1, 0.15) is 52.9 Å². The van der Waals surface area contributed by atoms with E-state index in [0.717, 1.165) is 19.3 Å². The summed E-state index contributed by atoms with van der Waals surface area (Å²) in [4.78, 5) is 11.9. The van der Waals surface area contributed by atoms with E-state index in [9.17, 15) is 18.0 Å². The lowest BCUT2D eigenvalue weighted by molar-refractivity contribution is -0.185. The van der Waals surface area contributed by atoms with Gasteiger partial charge in [0.2, 0.25) is 0 Å². The third kappa shape index (κ3) is 3.42. The van der Waals surface area contributed by atoms with E-state index in [4.69, 9.17) is 0 Å². The number of rotatable bonds is 4. The smallest absolute Gasteiger partial charge is 0.258 e. The molecule has 1 amide bonds. The van der Waals surface area contributed by atoms with E-state index in [1.807, 2.05) is 20.8 Å². The second-order valence-corrected chi connectivity index (χ2v) is 7.25. The molecule has 0 aromatic carbocycles. The van der Waals surface area contributed by atoms with Crippen molar-refractivity contribution in [3.8, 4) is 0 Å². The zero-order chi connectivity index (χ0) is 14.5. The van der Waals surface area contributed by atoms with Crippen molar-refractivity contribution in [2.75, 3.05) is 0 Å². The highest BCUT2D eigenvalue weighted by Crippen LogP contribution is 2.48. The largest absolute Gasteiger partial charge is 0.350 e. The Morgan fingerprint density at radius 3 is 2.16 bits per heavy atom. The number of carbonyl (C=O) groups is 1. The van der Waals surface area contributed by atoms with Crippen LogP contribution < -0.4 is 5.32 Å². The fourth-order valence-corrected chi connectivity index (χ4v) is 2.53. The molecule has 5 heteroatoms.